The second kappa shape index (κ2) is 5.02. The first-order chi connectivity index (χ1) is 9.22. The van der Waals surface area contributed by atoms with Crippen molar-refractivity contribution in [3.8, 4) is 0 Å². The van der Waals surface area contributed by atoms with Crippen LogP contribution in [0.4, 0.5) is 10.1 Å². The molecule has 0 fully saturated rings. The highest BCUT2D eigenvalue weighted by Crippen LogP contribution is 2.24. The molecule has 0 bridgehead atoms. The van der Waals surface area contributed by atoms with Crippen LogP contribution in [0.1, 0.15) is 11.4 Å². The minimum absolute atomic E-state index is 0.216. The predicted molar refractivity (Wildman–Crippen MR) is 72.7 cm³/mol. The molecule has 108 valence electrons. The number of rotatable bonds is 3. The lowest BCUT2D eigenvalue weighted by molar-refractivity contribution is 0.578. The topological polar surface area (TPSA) is 76.9 Å². The van der Waals surface area contributed by atoms with Gasteiger partial charge in [-0.15, -0.1) is 0 Å². The van der Waals surface area contributed by atoms with E-state index < -0.39 is 16.0 Å². The lowest BCUT2D eigenvalue weighted by atomic mass is 10.3. The van der Waals surface area contributed by atoms with Crippen molar-refractivity contribution in [3.63, 3.8) is 0 Å². The monoisotopic (exact) mass is 318 g/mol. The number of aryl methyl sites for hydroxylation is 2. The van der Waals surface area contributed by atoms with E-state index in [1.54, 1.807) is 25.6 Å². The van der Waals surface area contributed by atoms with E-state index in [1.165, 1.54) is 0 Å². The van der Waals surface area contributed by atoms with Gasteiger partial charge in [0.1, 0.15) is 4.90 Å². The largest absolute Gasteiger partial charge is 0.276 e. The molecule has 1 N–H and O–H groups in total. The second-order valence-corrected chi connectivity index (χ2v) is 6.31. The fourth-order valence-electron chi connectivity index (χ4n) is 1.67. The molecular weight excluding hydrogens is 307 g/mol. The van der Waals surface area contributed by atoms with Crippen molar-refractivity contribution in [3.05, 3.63) is 34.6 Å². The summed E-state index contributed by atoms with van der Waals surface area (Å²) in [5.74, 6) is -0.917. The van der Waals surface area contributed by atoms with Gasteiger partial charge in [0.25, 0.3) is 10.0 Å². The molecule has 9 heteroatoms. The molecule has 0 aliphatic rings. The maximum Gasteiger partial charge on any atom is 0.263 e. The molecule has 2 heterocycles. The molecule has 0 amide bonds. The Bertz CT molecular complexity index is 773. The Morgan fingerprint density at radius 1 is 1.40 bits per heavy atom. The van der Waals surface area contributed by atoms with Crippen LogP contribution in [-0.4, -0.2) is 23.2 Å². The summed E-state index contributed by atoms with van der Waals surface area (Å²) in [7, 11) is -2.20. The van der Waals surface area contributed by atoms with E-state index >= 15 is 0 Å². The second-order valence-electron chi connectivity index (χ2n) is 4.22. The van der Waals surface area contributed by atoms with Gasteiger partial charge in [-0.05, 0) is 19.9 Å². The highest BCUT2D eigenvalue weighted by molar-refractivity contribution is 7.92. The van der Waals surface area contributed by atoms with Crippen molar-refractivity contribution in [2.75, 3.05) is 4.72 Å². The third kappa shape index (κ3) is 2.61. The van der Waals surface area contributed by atoms with Crippen LogP contribution in [-0.2, 0) is 17.1 Å². The highest BCUT2D eigenvalue weighted by atomic mass is 35.5. The van der Waals surface area contributed by atoms with Gasteiger partial charge in [-0.25, -0.2) is 13.4 Å². The number of nitrogens with zero attached hydrogens (tertiary/aromatic N) is 3. The number of hydrogen-bond acceptors (Lipinski definition) is 4. The molecule has 20 heavy (non-hydrogen) atoms. The molecule has 0 aromatic carbocycles. The van der Waals surface area contributed by atoms with Crippen molar-refractivity contribution >= 4 is 27.3 Å². The third-order valence-corrected chi connectivity index (χ3v) is 4.41. The Balaban J connectivity index is 2.43. The minimum atomic E-state index is -3.90. The molecule has 0 aliphatic carbocycles. The van der Waals surface area contributed by atoms with Crippen LogP contribution in [0.25, 0.3) is 0 Å². The summed E-state index contributed by atoms with van der Waals surface area (Å²) >= 11 is 5.54. The maximum absolute atomic E-state index is 13.0. The Labute approximate surface area is 120 Å². The molecule has 0 radical (unpaired) electrons. The predicted octanol–water partition coefficient (Wildman–Crippen LogP) is 2.03. The van der Waals surface area contributed by atoms with Crippen molar-refractivity contribution in [2.24, 2.45) is 7.05 Å². The van der Waals surface area contributed by atoms with E-state index in [0.717, 1.165) is 12.3 Å². The van der Waals surface area contributed by atoms with Gasteiger partial charge < -0.3 is 0 Å². The standard InChI is InChI=1S/C11H12ClFN4O2S/c1-6-10(7(2)17(3)15-6)16-20(18,19)8-4-9(12)11(13)14-5-8/h4-5,16H,1-3H3. The molecular formula is C11H12ClFN4O2S. The zero-order chi connectivity index (χ0) is 15.1. The SMILES string of the molecule is Cc1nn(C)c(C)c1NS(=O)(=O)c1cnc(F)c(Cl)c1. The molecule has 6 nitrogen and oxygen atoms in total. The quantitative estimate of drug-likeness (QED) is 0.878. The van der Waals surface area contributed by atoms with Crippen molar-refractivity contribution in [2.45, 2.75) is 18.7 Å². The molecule has 0 saturated carbocycles. The van der Waals surface area contributed by atoms with E-state index in [4.69, 9.17) is 11.6 Å². The van der Waals surface area contributed by atoms with Crippen molar-refractivity contribution < 1.29 is 12.8 Å². The average Bonchev–Trinajstić information content (AvgIpc) is 2.59. The van der Waals surface area contributed by atoms with Crippen LogP contribution in [0, 0.1) is 19.8 Å². The number of hydrogen-bond donors (Lipinski definition) is 1. The lowest BCUT2D eigenvalue weighted by Gasteiger charge is -2.08. The van der Waals surface area contributed by atoms with E-state index in [-0.39, 0.29) is 9.92 Å². The molecule has 0 unspecified atom stereocenters. The van der Waals surface area contributed by atoms with Gasteiger partial charge in [0, 0.05) is 7.05 Å². The van der Waals surface area contributed by atoms with Crippen LogP contribution >= 0.6 is 11.6 Å². The van der Waals surface area contributed by atoms with E-state index in [0.29, 0.717) is 17.1 Å². The lowest BCUT2D eigenvalue weighted by Crippen LogP contribution is -2.14. The number of aromatic nitrogens is 3. The summed E-state index contributed by atoms with van der Waals surface area (Å²) < 4.78 is 41.4. The molecule has 2 rings (SSSR count). The number of halogens is 2. The van der Waals surface area contributed by atoms with Gasteiger partial charge in [0.15, 0.2) is 0 Å². The summed E-state index contributed by atoms with van der Waals surface area (Å²) in [5.41, 5.74) is 1.58. The minimum Gasteiger partial charge on any atom is -0.276 e. The summed E-state index contributed by atoms with van der Waals surface area (Å²) in [6.07, 6.45) is 0.907. The third-order valence-electron chi connectivity index (χ3n) is 2.83. The molecule has 0 saturated heterocycles. The molecule has 0 aliphatic heterocycles. The number of sulfonamides is 1. The summed E-state index contributed by atoms with van der Waals surface area (Å²) in [6, 6.07) is 1.01. The van der Waals surface area contributed by atoms with Crippen LogP contribution in [0.5, 0.6) is 0 Å². The number of pyridine rings is 1. The first-order valence-electron chi connectivity index (χ1n) is 5.56. The fraction of sp³-hybridized carbons (Fsp3) is 0.273. The van der Waals surface area contributed by atoms with Crippen LogP contribution in [0.15, 0.2) is 17.2 Å². The van der Waals surface area contributed by atoms with Crippen LogP contribution in [0.2, 0.25) is 5.02 Å². The zero-order valence-corrected chi connectivity index (χ0v) is 12.5. The first kappa shape index (κ1) is 14.7. The first-order valence-corrected chi connectivity index (χ1v) is 7.42. The number of anilines is 1. The average molecular weight is 319 g/mol. The van der Waals surface area contributed by atoms with Crippen LogP contribution < -0.4 is 4.72 Å². The van der Waals surface area contributed by atoms with Crippen LogP contribution in [0.3, 0.4) is 0 Å². The Morgan fingerprint density at radius 3 is 2.55 bits per heavy atom. The normalized spacial score (nSPS) is 11.7. The number of nitrogens with one attached hydrogen (secondary N) is 1. The van der Waals surface area contributed by atoms with E-state index in [1.807, 2.05) is 0 Å². The van der Waals surface area contributed by atoms with Crippen molar-refractivity contribution in [1.82, 2.24) is 14.8 Å². The highest BCUT2D eigenvalue weighted by Gasteiger charge is 2.20. The summed E-state index contributed by atoms with van der Waals surface area (Å²) in [4.78, 5) is 3.08. The van der Waals surface area contributed by atoms with Gasteiger partial charge in [-0.3, -0.25) is 9.40 Å². The molecule has 0 atom stereocenters. The zero-order valence-electron chi connectivity index (χ0n) is 11.0. The fourth-order valence-corrected chi connectivity index (χ4v) is 3.04. The molecule has 2 aromatic rings. The molecule has 0 spiro atoms. The molecule has 2 aromatic heterocycles. The summed E-state index contributed by atoms with van der Waals surface area (Å²) in [5, 5.41) is 3.75. The van der Waals surface area contributed by atoms with Gasteiger partial charge in [0.2, 0.25) is 5.95 Å². The van der Waals surface area contributed by atoms with Gasteiger partial charge in [-0.2, -0.15) is 9.49 Å². The van der Waals surface area contributed by atoms with Crippen molar-refractivity contribution in [1.29, 1.82) is 0 Å². The van der Waals surface area contributed by atoms with Gasteiger partial charge in [0.05, 0.1) is 28.3 Å². The smallest absolute Gasteiger partial charge is 0.263 e. The Morgan fingerprint density at radius 2 is 2.05 bits per heavy atom. The Hall–Kier alpha value is -1.67. The Kier molecular flexibility index (Phi) is 3.70. The van der Waals surface area contributed by atoms with Gasteiger partial charge >= 0.3 is 0 Å². The van der Waals surface area contributed by atoms with Gasteiger partial charge in [-0.1, -0.05) is 11.6 Å². The van der Waals surface area contributed by atoms with E-state index in [9.17, 15) is 12.8 Å². The summed E-state index contributed by atoms with van der Waals surface area (Å²) in [6.45, 7) is 3.41. The van der Waals surface area contributed by atoms with E-state index in [2.05, 4.69) is 14.8 Å². The maximum atomic E-state index is 13.0.